The molecule has 0 unspecified atom stereocenters. The van der Waals surface area contributed by atoms with E-state index in [4.69, 9.17) is 9.83 Å². The molecule has 3 heterocycles. The number of aromatic amines is 1. The fraction of sp³-hybridized carbons (Fsp3) is 0.259. The first-order valence-corrected chi connectivity index (χ1v) is 15.0. The third-order valence-electron chi connectivity index (χ3n) is 5.20. The number of nitrogens with one attached hydrogen (secondary N) is 2. The van der Waals surface area contributed by atoms with Crippen molar-refractivity contribution in [1.29, 1.82) is 5.41 Å². The Morgan fingerprint density at radius 3 is 2.42 bits per heavy atom. The average Bonchev–Trinajstić information content (AvgIpc) is 2.92. The van der Waals surface area contributed by atoms with Crippen molar-refractivity contribution in [3.05, 3.63) is 111 Å². The summed E-state index contributed by atoms with van der Waals surface area (Å²) < 4.78 is 5.42. The van der Waals surface area contributed by atoms with E-state index in [1.807, 2.05) is 43.0 Å². The molecule has 0 bridgehead atoms. The summed E-state index contributed by atoms with van der Waals surface area (Å²) in [6.07, 6.45) is 13.4. The van der Waals surface area contributed by atoms with Crippen LogP contribution in [-0.2, 0) is 25.0 Å². The topological polar surface area (TPSA) is 95.6 Å². The largest absolute Gasteiger partial charge is 0.458 e. The lowest BCUT2D eigenvalue weighted by Crippen LogP contribution is -2.14. The minimum Gasteiger partial charge on any atom is -0.458 e. The summed E-state index contributed by atoms with van der Waals surface area (Å²) in [6.45, 7) is 0. The molecule has 6 nitrogen and oxygen atoms in total. The van der Waals surface area contributed by atoms with Crippen LogP contribution in [0.4, 0.5) is 0 Å². The van der Waals surface area contributed by atoms with Crippen LogP contribution in [0.5, 0.6) is 0 Å². The van der Waals surface area contributed by atoms with E-state index in [0.717, 1.165) is 47.0 Å². The Morgan fingerprint density at radius 2 is 1.75 bits per heavy atom. The van der Waals surface area contributed by atoms with Crippen LogP contribution in [-0.4, -0.2) is 33.2 Å². The summed E-state index contributed by atoms with van der Waals surface area (Å²) in [5.41, 5.74) is 4.18. The maximum atomic E-state index is 11.7. The maximum Gasteiger partial charge on any atom is 0.254 e. The van der Waals surface area contributed by atoms with Gasteiger partial charge in [-0.25, -0.2) is 4.98 Å². The van der Waals surface area contributed by atoms with E-state index < -0.39 is 0 Å². The number of pyridine rings is 1. The average molecular weight is 539 g/mol. The van der Waals surface area contributed by atoms with Crippen molar-refractivity contribution in [2.24, 2.45) is 0 Å². The number of nitrogens with zero attached hydrogens (tertiary/aromatic N) is 2. The van der Waals surface area contributed by atoms with Crippen LogP contribution in [0, 0.1) is 5.41 Å². The molecular formula is C27H30N4O2S3. The van der Waals surface area contributed by atoms with Gasteiger partial charge in [-0.1, -0.05) is 59.9 Å². The van der Waals surface area contributed by atoms with Crippen LogP contribution in [0.2, 0.25) is 0 Å². The van der Waals surface area contributed by atoms with Crippen LogP contribution in [0.3, 0.4) is 0 Å². The van der Waals surface area contributed by atoms with E-state index >= 15 is 0 Å². The Morgan fingerprint density at radius 1 is 0.944 bits per heavy atom. The number of rotatable bonds is 10. The van der Waals surface area contributed by atoms with Crippen LogP contribution in [0.1, 0.15) is 22.3 Å². The molecule has 9 heteroatoms. The van der Waals surface area contributed by atoms with Crippen molar-refractivity contribution >= 4 is 35.3 Å². The highest BCUT2D eigenvalue weighted by Crippen LogP contribution is 2.13. The molecule has 4 aromatic rings. The monoisotopic (exact) mass is 538 g/mol. The van der Waals surface area contributed by atoms with E-state index in [2.05, 4.69) is 33.2 Å². The molecule has 4 rings (SSSR count). The van der Waals surface area contributed by atoms with Crippen molar-refractivity contribution in [2.75, 3.05) is 18.3 Å². The van der Waals surface area contributed by atoms with Crippen molar-refractivity contribution in [1.82, 2.24) is 15.0 Å². The van der Waals surface area contributed by atoms with E-state index in [-0.39, 0.29) is 5.56 Å². The van der Waals surface area contributed by atoms with Crippen molar-refractivity contribution in [3.8, 4) is 0 Å². The van der Waals surface area contributed by atoms with Gasteiger partial charge in [-0.3, -0.25) is 9.78 Å². The lowest BCUT2D eigenvalue weighted by molar-refractivity contribution is 0.446. The van der Waals surface area contributed by atoms with Gasteiger partial charge in [-0.15, -0.1) is 0 Å². The van der Waals surface area contributed by atoms with Crippen molar-refractivity contribution in [2.45, 2.75) is 35.3 Å². The normalized spacial score (nSPS) is 10.5. The molecule has 188 valence electrons. The fourth-order valence-electron chi connectivity index (χ4n) is 3.20. The molecule has 0 radical (unpaired) electrons. The highest BCUT2D eigenvalue weighted by atomic mass is 32.2. The second kappa shape index (κ2) is 15.4. The van der Waals surface area contributed by atoms with E-state index in [1.165, 1.54) is 34.7 Å². The third-order valence-corrected chi connectivity index (χ3v) is 7.44. The molecule has 0 atom stereocenters. The van der Waals surface area contributed by atoms with Crippen molar-refractivity contribution < 1.29 is 4.42 Å². The van der Waals surface area contributed by atoms with Gasteiger partial charge in [0.05, 0.1) is 11.6 Å². The zero-order valence-electron chi connectivity index (χ0n) is 20.4. The molecule has 0 aliphatic rings. The SMILES string of the molecule is CSc1cc(=N)c(CCc2ccccc2)co1.CSc1ncc(CCSCc2cccnc2)c(=O)[nH]1. The lowest BCUT2D eigenvalue weighted by atomic mass is 10.1. The molecule has 0 saturated carbocycles. The number of hydrogen-bond acceptors (Lipinski definition) is 8. The molecule has 0 fully saturated rings. The predicted octanol–water partition coefficient (Wildman–Crippen LogP) is 5.63. The Labute approximate surface area is 224 Å². The Balaban J connectivity index is 0.000000202. The minimum atomic E-state index is -0.0265. The Bertz CT molecular complexity index is 1310. The first-order valence-electron chi connectivity index (χ1n) is 11.4. The fourth-order valence-corrected chi connectivity index (χ4v) is 4.85. The van der Waals surface area contributed by atoms with Crippen LogP contribution in [0.25, 0.3) is 0 Å². The summed E-state index contributed by atoms with van der Waals surface area (Å²) in [7, 11) is 0. The van der Waals surface area contributed by atoms with Gasteiger partial charge >= 0.3 is 0 Å². The standard InChI is InChI=1S/C14H15NOS.C13H15N3OS2/c1-17-14-9-13(15)12(10-16-14)8-7-11-5-3-2-4-6-11;1-18-13-15-8-11(12(17)16-13)4-6-19-9-10-3-2-5-14-7-10/h2-6,9-10,15H,7-8H2,1H3;2-3,5,7-8H,4,6,9H2,1H3,(H,15,16,17). The molecule has 2 N–H and O–H groups in total. The van der Waals surface area contributed by atoms with Crippen molar-refractivity contribution in [3.63, 3.8) is 0 Å². The molecular weight excluding hydrogens is 509 g/mol. The molecule has 0 spiro atoms. The molecule has 0 aliphatic carbocycles. The van der Waals surface area contributed by atoms with Crippen LogP contribution in [0.15, 0.2) is 92.8 Å². The van der Waals surface area contributed by atoms with E-state index in [1.54, 1.807) is 36.5 Å². The third kappa shape index (κ3) is 9.37. The molecule has 1 aromatic carbocycles. The lowest BCUT2D eigenvalue weighted by Gasteiger charge is -2.03. The number of aryl methyl sites for hydroxylation is 3. The predicted molar refractivity (Wildman–Crippen MR) is 151 cm³/mol. The van der Waals surface area contributed by atoms with Crippen LogP contribution < -0.4 is 10.9 Å². The van der Waals surface area contributed by atoms with Gasteiger partial charge in [0.25, 0.3) is 5.56 Å². The number of thioether (sulfide) groups is 3. The van der Waals surface area contributed by atoms with Gasteiger partial charge < -0.3 is 14.8 Å². The minimum absolute atomic E-state index is 0.0265. The highest BCUT2D eigenvalue weighted by Gasteiger charge is 2.03. The number of hydrogen-bond donors (Lipinski definition) is 2. The quantitative estimate of drug-likeness (QED) is 0.153. The summed E-state index contributed by atoms with van der Waals surface area (Å²) in [5.74, 6) is 1.82. The molecule has 0 amide bonds. The second-order valence-electron chi connectivity index (χ2n) is 7.74. The highest BCUT2D eigenvalue weighted by molar-refractivity contribution is 7.98. The summed E-state index contributed by atoms with van der Waals surface area (Å²) in [5, 5.41) is 9.93. The van der Waals surface area contributed by atoms with Gasteiger partial charge in [0, 0.05) is 41.5 Å². The summed E-state index contributed by atoms with van der Waals surface area (Å²) in [6, 6.07) is 16.1. The van der Waals surface area contributed by atoms with Gasteiger partial charge in [0.15, 0.2) is 10.2 Å². The Kier molecular flexibility index (Phi) is 11.9. The van der Waals surface area contributed by atoms with Gasteiger partial charge in [0.1, 0.15) is 0 Å². The van der Waals surface area contributed by atoms with Gasteiger partial charge in [0.2, 0.25) is 0 Å². The van der Waals surface area contributed by atoms with E-state index in [9.17, 15) is 4.79 Å². The number of H-pyrrole nitrogens is 1. The smallest absolute Gasteiger partial charge is 0.254 e. The number of aromatic nitrogens is 3. The Hall–Kier alpha value is -2.75. The zero-order chi connectivity index (χ0) is 25.6. The molecule has 0 aliphatic heterocycles. The van der Waals surface area contributed by atoms with Crippen LogP contribution >= 0.6 is 35.3 Å². The molecule has 3 aromatic heterocycles. The number of benzene rings is 1. The molecule has 0 saturated heterocycles. The van der Waals surface area contributed by atoms with Gasteiger partial charge in [-0.2, -0.15) is 11.8 Å². The first-order chi connectivity index (χ1) is 17.6. The first kappa shape index (κ1) is 27.8. The summed E-state index contributed by atoms with van der Waals surface area (Å²) in [4.78, 5) is 22.8. The zero-order valence-corrected chi connectivity index (χ0v) is 22.8. The van der Waals surface area contributed by atoms with E-state index in [0.29, 0.717) is 10.5 Å². The molecule has 36 heavy (non-hydrogen) atoms. The second-order valence-corrected chi connectivity index (χ2v) is 10.4. The van der Waals surface area contributed by atoms with Gasteiger partial charge in [-0.05, 0) is 54.7 Å². The maximum absolute atomic E-state index is 11.7. The summed E-state index contributed by atoms with van der Waals surface area (Å²) >= 11 is 4.75.